The van der Waals surface area contributed by atoms with Crippen LogP contribution in [-0.4, -0.2) is 39.0 Å². The lowest BCUT2D eigenvalue weighted by atomic mass is 9.94. The largest absolute Gasteiger partial charge is 0.423 e. The highest BCUT2D eigenvalue weighted by atomic mass is 16.5. The average molecular weight is 495 g/mol. The van der Waals surface area contributed by atoms with Crippen molar-refractivity contribution in [2.75, 3.05) is 11.5 Å². The Morgan fingerprint density at radius 3 is 2.57 bits per heavy atom. The van der Waals surface area contributed by atoms with Gasteiger partial charge >= 0.3 is 5.63 Å². The van der Waals surface area contributed by atoms with E-state index in [1.807, 2.05) is 49.4 Å². The highest BCUT2D eigenvalue weighted by Gasteiger charge is 2.46. The number of benzene rings is 2. The van der Waals surface area contributed by atoms with Gasteiger partial charge in [0, 0.05) is 29.6 Å². The van der Waals surface area contributed by atoms with Gasteiger partial charge in [-0.15, -0.1) is 5.10 Å². The minimum absolute atomic E-state index is 0.140. The van der Waals surface area contributed by atoms with Crippen molar-refractivity contribution in [3.05, 3.63) is 107 Å². The number of ketones is 1. The summed E-state index contributed by atoms with van der Waals surface area (Å²) in [4.78, 5) is 38.9. The molecule has 0 saturated carbocycles. The Labute approximate surface area is 211 Å². The predicted molar refractivity (Wildman–Crippen MR) is 135 cm³/mol. The first kappa shape index (κ1) is 22.8. The number of anilines is 1. The van der Waals surface area contributed by atoms with Crippen LogP contribution in [0.4, 0.5) is 5.69 Å². The summed E-state index contributed by atoms with van der Waals surface area (Å²) >= 11 is 0. The van der Waals surface area contributed by atoms with Crippen LogP contribution in [0.2, 0.25) is 0 Å². The fourth-order valence-electron chi connectivity index (χ4n) is 4.76. The highest BCUT2D eigenvalue weighted by molar-refractivity contribution is 6.03. The van der Waals surface area contributed by atoms with E-state index in [2.05, 4.69) is 10.3 Å². The number of rotatable bonds is 4. The summed E-state index contributed by atoms with van der Waals surface area (Å²) in [6.07, 6.45) is 8.13. The Morgan fingerprint density at radius 1 is 1.00 bits per heavy atom. The standard InChI is InChI=1S/C28H22N4O5/c1-18-13-26(34)37-25-15-22(7-8-24(18)25)31-16-20(29-30-31)14-19-17-36-28(11-9-23(33)10-12-28)32(27(19)35)21-5-3-2-4-6-21/h2-13,15-16,19H,14,17H2,1H3. The Morgan fingerprint density at radius 2 is 1.78 bits per heavy atom. The molecule has 1 unspecified atom stereocenters. The second-order valence-electron chi connectivity index (χ2n) is 9.13. The van der Waals surface area contributed by atoms with E-state index >= 15 is 0 Å². The highest BCUT2D eigenvalue weighted by Crippen LogP contribution is 2.36. The smallest absolute Gasteiger partial charge is 0.336 e. The molecule has 37 heavy (non-hydrogen) atoms. The second kappa shape index (κ2) is 8.79. The van der Waals surface area contributed by atoms with Crippen molar-refractivity contribution < 1.29 is 18.7 Å². The molecular formula is C28H22N4O5. The quantitative estimate of drug-likeness (QED) is 0.401. The molecule has 1 aliphatic heterocycles. The predicted octanol–water partition coefficient (Wildman–Crippen LogP) is 3.30. The van der Waals surface area contributed by atoms with Gasteiger partial charge in [0.1, 0.15) is 5.58 Å². The number of amides is 1. The molecule has 0 radical (unpaired) electrons. The molecule has 1 saturated heterocycles. The molecule has 2 aromatic carbocycles. The summed E-state index contributed by atoms with van der Waals surface area (Å²) in [6, 6.07) is 16.2. The molecule has 9 heteroatoms. The maximum atomic E-state index is 13.8. The molecule has 6 rings (SSSR count). The van der Waals surface area contributed by atoms with Crippen LogP contribution in [0.15, 0.2) is 94.3 Å². The van der Waals surface area contributed by atoms with Gasteiger partial charge in [-0.3, -0.25) is 14.5 Å². The first-order chi connectivity index (χ1) is 17.9. The van der Waals surface area contributed by atoms with Crippen LogP contribution < -0.4 is 10.5 Å². The topological polar surface area (TPSA) is 108 Å². The summed E-state index contributed by atoms with van der Waals surface area (Å²) in [6.45, 7) is 2.01. The van der Waals surface area contributed by atoms with E-state index in [1.165, 1.54) is 18.2 Å². The Bertz CT molecular complexity index is 1630. The van der Waals surface area contributed by atoms with Crippen molar-refractivity contribution in [2.24, 2.45) is 5.92 Å². The summed E-state index contributed by atoms with van der Waals surface area (Å²) in [7, 11) is 0. The Hall–Kier alpha value is -4.63. The number of allylic oxidation sites excluding steroid dienone is 2. The molecule has 2 aromatic heterocycles. The fourth-order valence-corrected chi connectivity index (χ4v) is 4.76. The third-order valence-corrected chi connectivity index (χ3v) is 6.62. The van der Waals surface area contributed by atoms with Crippen LogP contribution in [0, 0.1) is 12.8 Å². The molecule has 2 aliphatic rings. The van der Waals surface area contributed by atoms with Gasteiger partial charge in [0.15, 0.2) is 11.5 Å². The molecule has 9 nitrogen and oxygen atoms in total. The maximum Gasteiger partial charge on any atom is 0.336 e. The van der Waals surface area contributed by atoms with E-state index in [9.17, 15) is 14.4 Å². The first-order valence-electron chi connectivity index (χ1n) is 11.8. The number of nitrogens with zero attached hydrogens (tertiary/aromatic N) is 4. The number of aryl methyl sites for hydroxylation is 1. The van der Waals surface area contributed by atoms with Gasteiger partial charge in [-0.1, -0.05) is 23.4 Å². The number of carbonyl (C=O) groups is 2. The average Bonchev–Trinajstić information content (AvgIpc) is 3.36. The molecule has 1 amide bonds. The third kappa shape index (κ3) is 4.09. The fraction of sp³-hybridized carbons (Fsp3) is 0.179. The van der Waals surface area contributed by atoms with Crippen molar-refractivity contribution >= 4 is 28.3 Å². The van der Waals surface area contributed by atoms with Crippen molar-refractivity contribution in [2.45, 2.75) is 19.1 Å². The van der Waals surface area contributed by atoms with E-state index in [0.717, 1.165) is 10.9 Å². The SMILES string of the molecule is Cc1cc(=O)oc2cc(-n3cc(CC4COC5(C=CC(=O)C=C5)N(c5ccccc5)C4=O)nn3)ccc12. The van der Waals surface area contributed by atoms with Crippen molar-refractivity contribution in [1.82, 2.24) is 15.0 Å². The maximum absolute atomic E-state index is 13.8. The van der Waals surface area contributed by atoms with Crippen LogP contribution in [0.3, 0.4) is 0 Å². The van der Waals surface area contributed by atoms with Crippen molar-refractivity contribution in [3.8, 4) is 5.69 Å². The van der Waals surface area contributed by atoms with Crippen LogP contribution in [0.25, 0.3) is 16.7 Å². The zero-order chi connectivity index (χ0) is 25.6. The molecule has 1 atom stereocenters. The van der Waals surface area contributed by atoms with E-state index in [-0.39, 0.29) is 18.3 Å². The van der Waals surface area contributed by atoms with Gasteiger partial charge in [0.25, 0.3) is 0 Å². The van der Waals surface area contributed by atoms with E-state index in [4.69, 9.17) is 9.15 Å². The number of fused-ring (bicyclic) bond motifs is 1. The van der Waals surface area contributed by atoms with E-state index in [0.29, 0.717) is 29.1 Å². The summed E-state index contributed by atoms with van der Waals surface area (Å²) in [5.74, 6) is -0.803. The number of aromatic nitrogens is 3. The van der Waals surface area contributed by atoms with Gasteiger partial charge in [0.05, 0.1) is 30.1 Å². The summed E-state index contributed by atoms with van der Waals surface area (Å²) < 4.78 is 13.2. The molecule has 1 spiro atoms. The Kier molecular flexibility index (Phi) is 5.42. The van der Waals surface area contributed by atoms with Crippen LogP contribution in [-0.2, 0) is 20.7 Å². The monoisotopic (exact) mass is 494 g/mol. The van der Waals surface area contributed by atoms with Crippen LogP contribution in [0.1, 0.15) is 11.3 Å². The zero-order valence-corrected chi connectivity index (χ0v) is 19.9. The number of carbonyl (C=O) groups excluding carboxylic acids is 2. The normalized spacial score (nSPS) is 18.7. The van der Waals surface area contributed by atoms with Crippen LogP contribution in [0.5, 0.6) is 0 Å². The number of ether oxygens (including phenoxy) is 1. The molecule has 184 valence electrons. The van der Waals surface area contributed by atoms with E-state index < -0.39 is 17.3 Å². The summed E-state index contributed by atoms with van der Waals surface area (Å²) in [5, 5.41) is 9.33. The van der Waals surface area contributed by atoms with Crippen molar-refractivity contribution in [1.29, 1.82) is 0 Å². The lowest BCUT2D eigenvalue weighted by Crippen LogP contribution is -2.60. The van der Waals surface area contributed by atoms with Gasteiger partial charge in [-0.25, -0.2) is 9.48 Å². The van der Waals surface area contributed by atoms with Gasteiger partial charge in [-0.2, -0.15) is 0 Å². The van der Waals surface area contributed by atoms with E-state index in [1.54, 1.807) is 34.0 Å². The third-order valence-electron chi connectivity index (χ3n) is 6.62. The van der Waals surface area contributed by atoms with Gasteiger partial charge in [-0.05, 0) is 61.1 Å². The lowest BCUT2D eigenvalue weighted by Gasteiger charge is -2.46. The lowest BCUT2D eigenvalue weighted by molar-refractivity contribution is -0.138. The van der Waals surface area contributed by atoms with Gasteiger partial charge < -0.3 is 9.15 Å². The molecule has 0 bridgehead atoms. The molecular weight excluding hydrogens is 472 g/mol. The minimum Gasteiger partial charge on any atom is -0.423 e. The summed E-state index contributed by atoms with van der Waals surface area (Å²) in [5.41, 5.74) is 1.68. The zero-order valence-electron chi connectivity index (χ0n) is 19.9. The molecule has 0 N–H and O–H groups in total. The van der Waals surface area contributed by atoms with Gasteiger partial charge in [0.2, 0.25) is 5.91 Å². The second-order valence-corrected chi connectivity index (χ2v) is 9.13. The van der Waals surface area contributed by atoms with Crippen molar-refractivity contribution in [3.63, 3.8) is 0 Å². The minimum atomic E-state index is -1.16. The Balaban J connectivity index is 1.28. The van der Waals surface area contributed by atoms with Crippen LogP contribution >= 0.6 is 0 Å². The number of hydrogen-bond acceptors (Lipinski definition) is 7. The molecule has 1 fully saturated rings. The first-order valence-corrected chi connectivity index (χ1v) is 11.8. The molecule has 1 aliphatic carbocycles. The molecule has 3 heterocycles. The number of para-hydroxylation sites is 1. The molecule has 4 aromatic rings. The number of hydrogen-bond donors (Lipinski definition) is 0.